The normalized spacial score (nSPS) is 18.4. The molecule has 8 heteroatoms. The fourth-order valence-corrected chi connectivity index (χ4v) is 3.14. The largest absolute Gasteiger partial charge is 0.417 e. The van der Waals surface area contributed by atoms with Crippen LogP contribution in [0.4, 0.5) is 13.2 Å². The SMILES string of the molecule is CC(C)N1C(=O)CC[C@H]1C(=O)NCc1cccc(C(F)(F)F)c1Cl. The zero-order valence-corrected chi connectivity index (χ0v) is 14.0. The first-order chi connectivity index (χ1) is 11.1. The van der Waals surface area contributed by atoms with Crippen LogP contribution < -0.4 is 5.32 Å². The summed E-state index contributed by atoms with van der Waals surface area (Å²) in [4.78, 5) is 25.6. The van der Waals surface area contributed by atoms with Crippen LogP contribution >= 0.6 is 11.6 Å². The number of benzene rings is 1. The minimum atomic E-state index is -4.55. The molecule has 1 aliphatic heterocycles. The number of halogens is 4. The zero-order valence-electron chi connectivity index (χ0n) is 13.3. The number of amides is 2. The van der Waals surface area contributed by atoms with Crippen molar-refractivity contribution < 1.29 is 22.8 Å². The van der Waals surface area contributed by atoms with Gasteiger partial charge in [-0.1, -0.05) is 23.7 Å². The maximum Gasteiger partial charge on any atom is 0.417 e. The number of alkyl halides is 3. The van der Waals surface area contributed by atoms with Gasteiger partial charge in [0, 0.05) is 19.0 Å². The van der Waals surface area contributed by atoms with Crippen molar-refractivity contribution >= 4 is 23.4 Å². The molecule has 0 spiro atoms. The first-order valence-electron chi connectivity index (χ1n) is 7.56. The second kappa shape index (κ2) is 7.01. The van der Waals surface area contributed by atoms with Crippen LogP contribution in [0.25, 0.3) is 0 Å². The van der Waals surface area contributed by atoms with E-state index >= 15 is 0 Å². The van der Waals surface area contributed by atoms with Gasteiger partial charge >= 0.3 is 6.18 Å². The van der Waals surface area contributed by atoms with Crippen molar-refractivity contribution in [2.24, 2.45) is 0 Å². The summed E-state index contributed by atoms with van der Waals surface area (Å²) in [5.74, 6) is -0.481. The molecule has 24 heavy (non-hydrogen) atoms. The third-order valence-electron chi connectivity index (χ3n) is 3.95. The van der Waals surface area contributed by atoms with Gasteiger partial charge in [0.15, 0.2) is 0 Å². The highest BCUT2D eigenvalue weighted by molar-refractivity contribution is 6.32. The number of carbonyl (C=O) groups is 2. The van der Waals surface area contributed by atoms with Crippen molar-refractivity contribution in [3.05, 3.63) is 34.3 Å². The fourth-order valence-electron chi connectivity index (χ4n) is 2.84. The molecule has 1 aromatic rings. The van der Waals surface area contributed by atoms with Crippen LogP contribution in [-0.2, 0) is 22.3 Å². The van der Waals surface area contributed by atoms with Crippen LogP contribution in [0.1, 0.15) is 37.8 Å². The molecule has 1 fully saturated rings. The van der Waals surface area contributed by atoms with E-state index in [1.807, 2.05) is 13.8 Å². The van der Waals surface area contributed by atoms with E-state index in [4.69, 9.17) is 11.6 Å². The van der Waals surface area contributed by atoms with Gasteiger partial charge in [-0.05, 0) is 31.9 Å². The molecule has 132 valence electrons. The minimum absolute atomic E-state index is 0.0951. The predicted octanol–water partition coefficient (Wildman–Crippen LogP) is 3.37. The number of hydrogen-bond donors (Lipinski definition) is 1. The summed E-state index contributed by atoms with van der Waals surface area (Å²) in [7, 11) is 0. The van der Waals surface area contributed by atoms with Gasteiger partial charge in [-0.25, -0.2) is 0 Å². The summed E-state index contributed by atoms with van der Waals surface area (Å²) >= 11 is 5.80. The lowest BCUT2D eigenvalue weighted by Gasteiger charge is -2.27. The quantitative estimate of drug-likeness (QED) is 0.892. The Morgan fingerprint density at radius 2 is 2.08 bits per heavy atom. The van der Waals surface area contributed by atoms with E-state index in [1.54, 1.807) is 0 Å². The molecule has 1 aromatic carbocycles. The average molecular weight is 363 g/mol. The molecular weight excluding hydrogens is 345 g/mol. The smallest absolute Gasteiger partial charge is 0.350 e. The highest BCUT2D eigenvalue weighted by Crippen LogP contribution is 2.36. The maximum absolute atomic E-state index is 12.8. The van der Waals surface area contributed by atoms with Gasteiger partial charge in [0.1, 0.15) is 6.04 Å². The van der Waals surface area contributed by atoms with Crippen molar-refractivity contribution in [1.82, 2.24) is 10.2 Å². The van der Waals surface area contributed by atoms with Crippen LogP contribution in [0.3, 0.4) is 0 Å². The van der Waals surface area contributed by atoms with Crippen LogP contribution in [-0.4, -0.2) is 28.8 Å². The second-order valence-corrected chi connectivity index (χ2v) is 6.32. The van der Waals surface area contributed by atoms with Gasteiger partial charge in [0.2, 0.25) is 11.8 Å². The topological polar surface area (TPSA) is 49.4 Å². The van der Waals surface area contributed by atoms with E-state index in [0.717, 1.165) is 6.07 Å². The monoisotopic (exact) mass is 362 g/mol. The third-order valence-corrected chi connectivity index (χ3v) is 4.40. The van der Waals surface area contributed by atoms with Crippen LogP contribution in [0.2, 0.25) is 5.02 Å². The molecule has 1 heterocycles. The second-order valence-electron chi connectivity index (χ2n) is 5.94. The lowest BCUT2D eigenvalue weighted by molar-refractivity contribution is -0.137. The standard InChI is InChI=1S/C16H18ClF3N2O2/c1-9(2)22-12(6-7-13(22)23)15(24)21-8-10-4-3-5-11(14(10)17)16(18,19)20/h3-5,9,12H,6-8H2,1-2H3,(H,21,24)/t12-/m0/s1. The highest BCUT2D eigenvalue weighted by Gasteiger charge is 2.37. The lowest BCUT2D eigenvalue weighted by Crippen LogP contribution is -2.47. The Morgan fingerprint density at radius 3 is 2.67 bits per heavy atom. The van der Waals surface area contributed by atoms with Crippen molar-refractivity contribution in [2.75, 3.05) is 0 Å². The number of nitrogens with zero attached hydrogens (tertiary/aromatic N) is 1. The predicted molar refractivity (Wildman–Crippen MR) is 83.3 cm³/mol. The van der Waals surface area contributed by atoms with E-state index in [-0.39, 0.29) is 30.0 Å². The van der Waals surface area contributed by atoms with Crippen LogP contribution in [0.5, 0.6) is 0 Å². The fraction of sp³-hybridized carbons (Fsp3) is 0.500. The van der Waals surface area contributed by atoms with E-state index in [0.29, 0.717) is 12.8 Å². The Bertz CT molecular complexity index is 647. The number of hydrogen-bond acceptors (Lipinski definition) is 2. The summed E-state index contributed by atoms with van der Waals surface area (Å²) in [5.41, 5.74) is -0.754. The summed E-state index contributed by atoms with van der Waals surface area (Å²) in [6, 6.07) is 2.85. The summed E-state index contributed by atoms with van der Waals surface area (Å²) in [6.07, 6.45) is -3.86. The van der Waals surface area contributed by atoms with Gasteiger partial charge in [-0.3, -0.25) is 9.59 Å². The Morgan fingerprint density at radius 1 is 1.42 bits per heavy atom. The van der Waals surface area contributed by atoms with Crippen molar-refractivity contribution in [1.29, 1.82) is 0 Å². The van der Waals surface area contributed by atoms with Gasteiger partial charge in [-0.15, -0.1) is 0 Å². The molecule has 1 N–H and O–H groups in total. The third kappa shape index (κ3) is 3.83. The Labute approximate surface area is 143 Å². The van der Waals surface area contributed by atoms with Crippen LogP contribution in [0, 0.1) is 0 Å². The summed E-state index contributed by atoms with van der Waals surface area (Å²) in [5, 5.41) is 2.16. The number of rotatable bonds is 4. The van der Waals surface area contributed by atoms with Gasteiger partial charge in [0.05, 0.1) is 10.6 Å². The highest BCUT2D eigenvalue weighted by atomic mass is 35.5. The molecule has 0 unspecified atom stereocenters. The first kappa shape index (κ1) is 18.6. The van der Waals surface area contributed by atoms with Crippen LogP contribution in [0.15, 0.2) is 18.2 Å². The molecule has 2 rings (SSSR count). The molecule has 0 saturated carbocycles. The van der Waals surface area contributed by atoms with Gasteiger partial charge in [0.25, 0.3) is 0 Å². The van der Waals surface area contributed by atoms with Gasteiger partial charge < -0.3 is 10.2 Å². The molecule has 1 aliphatic rings. The minimum Gasteiger partial charge on any atom is -0.350 e. The number of nitrogens with one attached hydrogen (secondary N) is 1. The molecule has 0 bridgehead atoms. The maximum atomic E-state index is 12.8. The Hall–Kier alpha value is -1.76. The van der Waals surface area contributed by atoms with E-state index in [1.165, 1.54) is 17.0 Å². The molecule has 0 aliphatic carbocycles. The van der Waals surface area contributed by atoms with Gasteiger partial charge in [-0.2, -0.15) is 13.2 Å². The molecule has 0 aromatic heterocycles. The average Bonchev–Trinajstić information content (AvgIpc) is 2.86. The van der Waals surface area contributed by atoms with Crippen molar-refractivity contribution in [2.45, 2.75) is 51.5 Å². The molecular formula is C16H18ClF3N2O2. The summed E-state index contributed by atoms with van der Waals surface area (Å²) in [6.45, 7) is 3.50. The Kier molecular flexibility index (Phi) is 5.42. The number of carbonyl (C=O) groups excluding carboxylic acids is 2. The Balaban J connectivity index is 2.09. The lowest BCUT2D eigenvalue weighted by atomic mass is 10.1. The van der Waals surface area contributed by atoms with E-state index in [9.17, 15) is 22.8 Å². The van der Waals surface area contributed by atoms with Crippen molar-refractivity contribution in [3.63, 3.8) is 0 Å². The first-order valence-corrected chi connectivity index (χ1v) is 7.94. The molecule has 1 saturated heterocycles. The van der Waals surface area contributed by atoms with E-state index in [2.05, 4.69) is 5.32 Å². The van der Waals surface area contributed by atoms with E-state index < -0.39 is 22.8 Å². The van der Waals surface area contributed by atoms with Crippen molar-refractivity contribution in [3.8, 4) is 0 Å². The zero-order chi connectivity index (χ0) is 18.1. The molecule has 4 nitrogen and oxygen atoms in total. The molecule has 0 radical (unpaired) electrons. The summed E-state index contributed by atoms with van der Waals surface area (Å²) < 4.78 is 38.5. The molecule has 2 amide bonds. The molecule has 1 atom stereocenters. The number of likely N-dealkylation sites (tertiary alicyclic amines) is 1.